The Balaban J connectivity index is 2.47. The van der Waals surface area contributed by atoms with Crippen molar-refractivity contribution in [2.45, 2.75) is 0 Å². The summed E-state index contributed by atoms with van der Waals surface area (Å²) in [5.41, 5.74) is -0.401. The molecular weight excluding hydrogens is 274 g/mol. The number of hydrogen-bond acceptors (Lipinski definition) is 6. The van der Waals surface area contributed by atoms with E-state index in [9.17, 15) is 25.1 Å². The van der Waals surface area contributed by atoms with E-state index in [0.29, 0.717) is 0 Å². The van der Waals surface area contributed by atoms with Crippen LogP contribution in [0.1, 0.15) is 5.56 Å². The fraction of sp³-hybridized carbons (Fsp3) is 0. The summed E-state index contributed by atoms with van der Waals surface area (Å²) < 4.78 is 0. The number of rotatable bonds is 2. The molecule has 1 aliphatic heterocycles. The van der Waals surface area contributed by atoms with Gasteiger partial charge < -0.3 is 15.5 Å². The largest absolute Gasteiger partial charge is 0.504 e. The van der Waals surface area contributed by atoms with Gasteiger partial charge in [0.1, 0.15) is 5.70 Å². The Morgan fingerprint density at radius 1 is 1.32 bits per heavy atom. The number of nitro benzene ring substituents is 1. The van der Waals surface area contributed by atoms with Crippen molar-refractivity contribution in [3.8, 4) is 11.5 Å². The average Bonchev–Trinajstić information content (AvgIpc) is 2.62. The lowest BCUT2D eigenvalue weighted by molar-refractivity contribution is -0.386. The predicted octanol–water partition coefficient (Wildman–Crippen LogP) is 0.351. The molecule has 0 aliphatic carbocycles. The van der Waals surface area contributed by atoms with Gasteiger partial charge in [0.05, 0.1) is 4.92 Å². The SMILES string of the molecule is O=C1NC(=S)N/C1=C/c1cc(O)c(O)c([N+](=O)[O-])c1. The molecule has 0 unspecified atom stereocenters. The molecule has 1 amide bonds. The Morgan fingerprint density at radius 3 is 2.53 bits per heavy atom. The van der Waals surface area contributed by atoms with Crippen LogP contribution >= 0.6 is 12.2 Å². The molecule has 0 saturated carbocycles. The van der Waals surface area contributed by atoms with Crippen LogP contribution < -0.4 is 10.6 Å². The van der Waals surface area contributed by atoms with Gasteiger partial charge in [0.15, 0.2) is 10.9 Å². The van der Waals surface area contributed by atoms with E-state index in [2.05, 4.69) is 10.6 Å². The lowest BCUT2D eigenvalue weighted by atomic mass is 10.1. The molecule has 0 radical (unpaired) electrons. The second-order valence-electron chi connectivity index (χ2n) is 3.63. The van der Waals surface area contributed by atoms with Gasteiger partial charge in [-0.3, -0.25) is 20.2 Å². The van der Waals surface area contributed by atoms with Crippen LogP contribution in [-0.4, -0.2) is 26.2 Å². The molecule has 1 fully saturated rings. The number of nitrogens with zero attached hydrogens (tertiary/aromatic N) is 1. The Kier molecular flexibility index (Phi) is 3.05. The van der Waals surface area contributed by atoms with E-state index in [1.165, 1.54) is 6.08 Å². The molecule has 8 nitrogen and oxygen atoms in total. The summed E-state index contributed by atoms with van der Waals surface area (Å²) in [5.74, 6) is -1.96. The second kappa shape index (κ2) is 4.53. The summed E-state index contributed by atoms with van der Waals surface area (Å²) >= 11 is 4.72. The summed E-state index contributed by atoms with van der Waals surface area (Å²) in [4.78, 5) is 21.2. The third-order valence-corrected chi connectivity index (χ3v) is 2.52. The highest BCUT2D eigenvalue weighted by molar-refractivity contribution is 7.80. The maximum absolute atomic E-state index is 11.4. The van der Waals surface area contributed by atoms with Crippen molar-refractivity contribution >= 4 is 35.0 Å². The lowest BCUT2D eigenvalue weighted by Gasteiger charge is -2.02. The lowest BCUT2D eigenvalue weighted by Crippen LogP contribution is -2.21. The molecule has 2 rings (SSSR count). The van der Waals surface area contributed by atoms with Crippen LogP contribution in [0.4, 0.5) is 5.69 Å². The predicted molar refractivity (Wildman–Crippen MR) is 68.3 cm³/mol. The van der Waals surface area contributed by atoms with Crippen molar-refractivity contribution in [2.75, 3.05) is 0 Å². The van der Waals surface area contributed by atoms with Gasteiger partial charge in [0.2, 0.25) is 5.75 Å². The average molecular weight is 281 g/mol. The minimum absolute atomic E-state index is 0.0874. The molecule has 1 heterocycles. The Bertz CT molecular complexity index is 640. The van der Waals surface area contributed by atoms with Crippen LogP contribution in [-0.2, 0) is 4.79 Å². The Morgan fingerprint density at radius 2 is 2.00 bits per heavy atom. The van der Waals surface area contributed by atoms with Crippen LogP contribution in [0, 0.1) is 10.1 Å². The van der Waals surface area contributed by atoms with Crippen LogP contribution in [0.25, 0.3) is 6.08 Å². The molecular formula is C10H7N3O5S. The van der Waals surface area contributed by atoms with E-state index >= 15 is 0 Å². The van der Waals surface area contributed by atoms with E-state index < -0.39 is 28.0 Å². The minimum atomic E-state index is -0.843. The fourth-order valence-corrected chi connectivity index (χ4v) is 1.70. The van der Waals surface area contributed by atoms with Crippen LogP contribution in [0.5, 0.6) is 11.5 Å². The molecule has 19 heavy (non-hydrogen) atoms. The molecule has 0 bridgehead atoms. The monoisotopic (exact) mass is 281 g/mol. The van der Waals surface area contributed by atoms with Gasteiger partial charge in [-0.15, -0.1) is 0 Å². The van der Waals surface area contributed by atoms with Gasteiger partial charge in [-0.1, -0.05) is 0 Å². The van der Waals surface area contributed by atoms with E-state index in [1.54, 1.807) is 0 Å². The third kappa shape index (κ3) is 2.45. The summed E-state index contributed by atoms with van der Waals surface area (Å²) in [7, 11) is 0. The zero-order chi connectivity index (χ0) is 14.2. The minimum Gasteiger partial charge on any atom is -0.504 e. The van der Waals surface area contributed by atoms with Gasteiger partial charge in [-0.05, 0) is 29.9 Å². The summed E-state index contributed by atoms with van der Waals surface area (Å²) in [5, 5.41) is 34.4. The molecule has 1 aromatic carbocycles. The topological polar surface area (TPSA) is 125 Å². The highest BCUT2D eigenvalue weighted by Gasteiger charge is 2.22. The number of aromatic hydroxyl groups is 2. The zero-order valence-electron chi connectivity index (χ0n) is 9.21. The van der Waals surface area contributed by atoms with E-state index in [0.717, 1.165) is 12.1 Å². The number of carbonyl (C=O) groups is 1. The maximum atomic E-state index is 11.4. The first-order valence-corrected chi connectivity index (χ1v) is 5.33. The normalized spacial score (nSPS) is 16.3. The van der Waals surface area contributed by atoms with Gasteiger partial charge in [-0.25, -0.2) is 0 Å². The van der Waals surface area contributed by atoms with Crippen molar-refractivity contribution < 1.29 is 19.9 Å². The van der Waals surface area contributed by atoms with Crippen molar-refractivity contribution in [3.05, 3.63) is 33.5 Å². The molecule has 0 aromatic heterocycles. The van der Waals surface area contributed by atoms with E-state index in [1.807, 2.05) is 0 Å². The molecule has 0 spiro atoms. The summed E-state index contributed by atoms with van der Waals surface area (Å²) in [6.07, 6.45) is 1.26. The van der Waals surface area contributed by atoms with Crippen LogP contribution in [0.15, 0.2) is 17.8 Å². The third-order valence-electron chi connectivity index (χ3n) is 2.32. The number of nitro groups is 1. The number of benzene rings is 1. The number of nitrogens with one attached hydrogen (secondary N) is 2. The molecule has 1 saturated heterocycles. The first kappa shape index (κ1) is 12.8. The van der Waals surface area contributed by atoms with Gasteiger partial charge in [0, 0.05) is 6.07 Å². The molecule has 1 aliphatic rings. The highest BCUT2D eigenvalue weighted by atomic mass is 32.1. The standard InChI is InChI=1S/C10H7N3O5S/c14-7-3-4(2-6(8(7)15)13(17)18)1-5-9(16)12-10(19)11-5/h1-3,14-15H,(H2,11,12,16,19)/b5-1+. The van der Waals surface area contributed by atoms with Crippen molar-refractivity contribution in [2.24, 2.45) is 0 Å². The maximum Gasteiger partial charge on any atom is 0.315 e. The smallest absolute Gasteiger partial charge is 0.315 e. The highest BCUT2D eigenvalue weighted by Crippen LogP contribution is 2.36. The van der Waals surface area contributed by atoms with Crippen molar-refractivity contribution in [1.29, 1.82) is 0 Å². The van der Waals surface area contributed by atoms with Crippen molar-refractivity contribution in [3.63, 3.8) is 0 Å². The molecule has 98 valence electrons. The van der Waals surface area contributed by atoms with Gasteiger partial charge >= 0.3 is 5.69 Å². The first-order valence-electron chi connectivity index (χ1n) is 4.93. The molecule has 1 aromatic rings. The van der Waals surface area contributed by atoms with Gasteiger partial charge in [-0.2, -0.15) is 0 Å². The van der Waals surface area contributed by atoms with Crippen LogP contribution in [0.3, 0.4) is 0 Å². The number of hydrogen-bond donors (Lipinski definition) is 4. The van der Waals surface area contributed by atoms with E-state index in [-0.39, 0.29) is 16.4 Å². The zero-order valence-corrected chi connectivity index (χ0v) is 10.0. The van der Waals surface area contributed by atoms with Gasteiger partial charge in [0.25, 0.3) is 5.91 Å². The number of amides is 1. The summed E-state index contributed by atoms with van der Waals surface area (Å²) in [6, 6.07) is 2.12. The number of phenols is 2. The van der Waals surface area contributed by atoms with E-state index in [4.69, 9.17) is 12.2 Å². The summed E-state index contributed by atoms with van der Waals surface area (Å²) in [6.45, 7) is 0. The second-order valence-corrected chi connectivity index (χ2v) is 4.04. The Hall–Kier alpha value is -2.68. The number of thiocarbonyl (C=S) groups is 1. The fourth-order valence-electron chi connectivity index (χ4n) is 1.50. The quantitative estimate of drug-likeness (QED) is 0.203. The molecule has 0 atom stereocenters. The molecule has 4 N–H and O–H groups in total. The molecule has 9 heteroatoms. The van der Waals surface area contributed by atoms with Crippen LogP contribution in [0.2, 0.25) is 0 Å². The number of phenolic OH excluding ortho intramolecular Hbond substituents is 2. The Labute approximate surface area is 111 Å². The van der Waals surface area contributed by atoms with Crippen molar-refractivity contribution in [1.82, 2.24) is 10.6 Å². The first-order chi connectivity index (χ1) is 8.88. The number of carbonyl (C=O) groups excluding carboxylic acids is 1.